The number of nitrogens with one attached hydrogen (secondary N) is 1. The summed E-state index contributed by atoms with van der Waals surface area (Å²) in [6.07, 6.45) is 0. The fraction of sp³-hybridized carbons (Fsp3) is 0.0400. The van der Waals surface area contributed by atoms with Crippen molar-refractivity contribution in [2.24, 2.45) is 5.10 Å². The number of thiazole rings is 1. The van der Waals surface area contributed by atoms with E-state index in [4.69, 9.17) is 5.41 Å². The summed E-state index contributed by atoms with van der Waals surface area (Å²) in [5.41, 5.74) is 2.51. The predicted octanol–water partition coefficient (Wildman–Crippen LogP) is 5.15. The second kappa shape index (κ2) is 8.20. The number of hydrazone groups is 1. The van der Waals surface area contributed by atoms with Gasteiger partial charge in [-0.25, -0.2) is 9.99 Å². The van der Waals surface area contributed by atoms with Gasteiger partial charge in [-0.2, -0.15) is 5.10 Å². The largest absolute Gasteiger partial charge is 0.509 e. The molecule has 0 radical (unpaired) electrons. The van der Waals surface area contributed by atoms with E-state index >= 15 is 0 Å². The number of Topliss-reactive ketones (excluding diaryl/α,β-unsaturated/α-hetero) is 1. The van der Waals surface area contributed by atoms with Gasteiger partial charge in [-0.1, -0.05) is 72.8 Å². The van der Waals surface area contributed by atoms with Gasteiger partial charge in [0.1, 0.15) is 23.0 Å². The van der Waals surface area contributed by atoms with Crippen LogP contribution >= 0.6 is 11.3 Å². The highest BCUT2D eigenvalue weighted by atomic mass is 32.1. The van der Waals surface area contributed by atoms with Gasteiger partial charge >= 0.3 is 0 Å². The van der Waals surface area contributed by atoms with Crippen molar-refractivity contribution in [3.63, 3.8) is 0 Å². The Kier molecular flexibility index (Phi) is 5.09. The number of ketones is 1. The molecule has 32 heavy (non-hydrogen) atoms. The monoisotopic (exact) mass is 438 g/mol. The summed E-state index contributed by atoms with van der Waals surface area (Å²) in [6.45, 7) is 0.00248. The van der Waals surface area contributed by atoms with Crippen LogP contribution in [0.25, 0.3) is 15.8 Å². The molecule has 3 aromatic carbocycles. The zero-order chi connectivity index (χ0) is 22.1. The van der Waals surface area contributed by atoms with Crippen LogP contribution in [0, 0.1) is 5.41 Å². The fourth-order valence-electron chi connectivity index (χ4n) is 3.53. The van der Waals surface area contributed by atoms with Crippen molar-refractivity contribution in [1.82, 2.24) is 9.99 Å². The zero-order valence-corrected chi connectivity index (χ0v) is 17.7. The average Bonchev–Trinajstić information content (AvgIpc) is 3.37. The molecule has 0 saturated heterocycles. The number of aliphatic hydroxyl groups excluding tert-OH is 1. The van der Waals surface area contributed by atoms with Crippen molar-refractivity contribution in [3.05, 3.63) is 107 Å². The van der Waals surface area contributed by atoms with E-state index in [1.54, 1.807) is 36.4 Å². The normalized spacial score (nSPS) is 14.4. The standard InChI is InChI=1S/C25H18N4O2S/c26-24-21(25-27-18-13-7-8-14-20(18)32-25)19(30)15-29(24)28-22(16-9-3-1-4-10-16)23(31)17-11-5-2-6-12-17/h1-14,26,30H,15H2/b26-24?,28-22-. The number of nitrogens with zero attached hydrogens (tertiary/aromatic N) is 3. The Morgan fingerprint density at radius 1 is 0.938 bits per heavy atom. The highest BCUT2D eigenvalue weighted by molar-refractivity contribution is 7.19. The summed E-state index contributed by atoms with van der Waals surface area (Å²) >= 11 is 1.41. The number of hydrogen-bond acceptors (Lipinski definition) is 6. The van der Waals surface area contributed by atoms with Crippen molar-refractivity contribution in [1.29, 1.82) is 5.41 Å². The van der Waals surface area contributed by atoms with Crippen molar-refractivity contribution in [3.8, 4) is 0 Å². The molecule has 0 bridgehead atoms. The van der Waals surface area contributed by atoms with Gasteiger partial charge in [-0.3, -0.25) is 10.2 Å². The maximum Gasteiger partial charge on any atom is 0.213 e. The molecule has 1 aromatic heterocycles. The minimum Gasteiger partial charge on any atom is -0.509 e. The third-order valence-electron chi connectivity index (χ3n) is 5.11. The molecule has 6 nitrogen and oxygen atoms in total. The van der Waals surface area contributed by atoms with Gasteiger partial charge in [0, 0.05) is 11.1 Å². The molecule has 0 amide bonds. The van der Waals surface area contributed by atoms with Gasteiger partial charge < -0.3 is 5.11 Å². The lowest BCUT2D eigenvalue weighted by atomic mass is 10.0. The quantitative estimate of drug-likeness (QED) is 0.333. The van der Waals surface area contributed by atoms with E-state index in [0.717, 1.165) is 10.2 Å². The molecular formula is C25H18N4O2S. The van der Waals surface area contributed by atoms with Gasteiger partial charge in [-0.15, -0.1) is 11.3 Å². The first-order valence-corrected chi connectivity index (χ1v) is 10.8. The Hall–Kier alpha value is -4.10. The minimum atomic E-state index is -0.252. The Balaban J connectivity index is 1.53. The molecule has 0 atom stereocenters. The lowest BCUT2D eigenvalue weighted by Gasteiger charge is -2.15. The van der Waals surface area contributed by atoms with Crippen LogP contribution < -0.4 is 0 Å². The lowest BCUT2D eigenvalue weighted by molar-refractivity contribution is 0.106. The highest BCUT2D eigenvalue weighted by Crippen LogP contribution is 2.33. The van der Waals surface area contributed by atoms with Crippen LogP contribution in [0.1, 0.15) is 20.9 Å². The third kappa shape index (κ3) is 3.59. The number of carbonyl (C=O) groups excluding carboxylic acids is 1. The molecular weight excluding hydrogens is 420 g/mol. The smallest absolute Gasteiger partial charge is 0.213 e. The molecule has 0 aliphatic carbocycles. The van der Waals surface area contributed by atoms with Crippen molar-refractivity contribution in [2.45, 2.75) is 0 Å². The topological polar surface area (TPSA) is 89.6 Å². The van der Waals surface area contributed by atoms with Crippen LogP contribution in [0.5, 0.6) is 0 Å². The van der Waals surface area contributed by atoms with Crippen molar-refractivity contribution >= 4 is 44.5 Å². The molecule has 5 rings (SSSR count). The Morgan fingerprint density at radius 2 is 1.56 bits per heavy atom. The fourth-order valence-corrected chi connectivity index (χ4v) is 4.57. The van der Waals surface area contributed by atoms with E-state index in [-0.39, 0.29) is 29.6 Å². The van der Waals surface area contributed by atoms with E-state index in [9.17, 15) is 9.90 Å². The highest BCUT2D eigenvalue weighted by Gasteiger charge is 2.32. The first-order chi connectivity index (χ1) is 15.6. The summed E-state index contributed by atoms with van der Waals surface area (Å²) in [7, 11) is 0. The molecule has 1 aliphatic rings. The lowest BCUT2D eigenvalue weighted by Crippen LogP contribution is -2.26. The number of fused-ring (bicyclic) bond motifs is 1. The van der Waals surface area contributed by atoms with E-state index < -0.39 is 0 Å². The van der Waals surface area contributed by atoms with Crippen molar-refractivity contribution in [2.75, 3.05) is 6.54 Å². The summed E-state index contributed by atoms with van der Waals surface area (Å²) in [4.78, 5) is 17.8. The SMILES string of the molecule is N=C1C(c2nc3ccccc3s2)=C(O)CN1/N=C(\C(=O)c1ccccc1)c1ccccc1. The van der Waals surface area contributed by atoms with Crippen LogP contribution in [-0.4, -0.2) is 39.0 Å². The second-order valence-electron chi connectivity index (χ2n) is 7.22. The number of aliphatic hydroxyl groups is 1. The molecule has 0 saturated carbocycles. The first-order valence-electron chi connectivity index (χ1n) is 10.00. The Bertz CT molecular complexity index is 1360. The molecule has 2 heterocycles. The number of aromatic nitrogens is 1. The number of rotatable bonds is 5. The van der Waals surface area contributed by atoms with Gasteiger partial charge in [-0.05, 0) is 12.1 Å². The maximum absolute atomic E-state index is 13.3. The van der Waals surface area contributed by atoms with E-state index in [1.165, 1.54) is 16.3 Å². The summed E-state index contributed by atoms with van der Waals surface area (Å²) < 4.78 is 0.974. The van der Waals surface area contributed by atoms with Crippen molar-refractivity contribution < 1.29 is 9.90 Å². The number of amidine groups is 1. The van der Waals surface area contributed by atoms with Crippen LogP contribution in [0.15, 0.2) is 95.8 Å². The second-order valence-corrected chi connectivity index (χ2v) is 8.26. The Morgan fingerprint density at radius 3 is 2.25 bits per heavy atom. The number of para-hydroxylation sites is 1. The number of benzene rings is 3. The van der Waals surface area contributed by atoms with E-state index in [2.05, 4.69) is 10.1 Å². The molecule has 0 unspecified atom stereocenters. The van der Waals surface area contributed by atoms with Crippen LogP contribution in [0.2, 0.25) is 0 Å². The molecule has 1 aliphatic heterocycles. The van der Waals surface area contributed by atoms with Gasteiger partial charge in [0.05, 0.1) is 15.8 Å². The number of carbonyl (C=O) groups is 1. The van der Waals surface area contributed by atoms with Crippen LogP contribution in [0.3, 0.4) is 0 Å². The molecule has 2 N–H and O–H groups in total. The summed E-state index contributed by atoms with van der Waals surface area (Å²) in [5, 5.41) is 25.8. The maximum atomic E-state index is 13.3. The third-order valence-corrected chi connectivity index (χ3v) is 6.16. The first kappa shape index (κ1) is 19.8. The molecule has 0 fully saturated rings. The van der Waals surface area contributed by atoms with Gasteiger partial charge in [0.25, 0.3) is 0 Å². The van der Waals surface area contributed by atoms with E-state index in [1.807, 2.05) is 48.5 Å². The zero-order valence-electron chi connectivity index (χ0n) is 16.9. The average molecular weight is 439 g/mol. The van der Waals surface area contributed by atoms with Gasteiger partial charge in [0.2, 0.25) is 5.78 Å². The van der Waals surface area contributed by atoms with Crippen LogP contribution in [-0.2, 0) is 0 Å². The van der Waals surface area contributed by atoms with Crippen LogP contribution in [0.4, 0.5) is 0 Å². The Labute approximate surface area is 188 Å². The van der Waals surface area contributed by atoms with Gasteiger partial charge in [0.15, 0.2) is 5.84 Å². The molecule has 7 heteroatoms. The number of hydrogen-bond donors (Lipinski definition) is 2. The van der Waals surface area contributed by atoms with E-state index in [0.29, 0.717) is 21.7 Å². The summed E-state index contributed by atoms with van der Waals surface area (Å²) in [6, 6.07) is 25.7. The predicted molar refractivity (Wildman–Crippen MR) is 127 cm³/mol. The molecule has 156 valence electrons. The summed E-state index contributed by atoms with van der Waals surface area (Å²) in [5.74, 6) is -0.231. The minimum absolute atomic E-state index is 0.00248. The molecule has 0 spiro atoms. The molecule has 4 aromatic rings.